The highest BCUT2D eigenvalue weighted by atomic mass is 16.2. The smallest absolute Gasteiger partial charge is 0.223 e. The summed E-state index contributed by atoms with van der Waals surface area (Å²) in [6.45, 7) is 2.47. The van der Waals surface area contributed by atoms with Crippen LogP contribution in [-0.2, 0) is 29.2 Å². The molecule has 0 spiro atoms. The fourth-order valence-corrected chi connectivity index (χ4v) is 5.23. The quantitative estimate of drug-likeness (QED) is 0.687. The summed E-state index contributed by atoms with van der Waals surface area (Å²) in [5.41, 5.74) is 3.88. The molecule has 2 saturated carbocycles. The maximum atomic E-state index is 12.6. The first kappa shape index (κ1) is 20.4. The van der Waals surface area contributed by atoms with Gasteiger partial charge in [-0.1, -0.05) is 37.5 Å². The lowest BCUT2D eigenvalue weighted by atomic mass is 9.84. The molecule has 0 radical (unpaired) electrons. The molecule has 5 heteroatoms. The zero-order chi connectivity index (χ0) is 20.1. The standard InChI is InChI=1S/C24H35N3O2/c28-23(13-17-4-2-1-3-5-17)27-22-10-8-19(9-11-22)24(29)26-14-18-6-7-20-15-25-16-21(20)12-18/h6-7,12,17,19,22,25H,1-5,8-11,13-16H2,(H,26,29)(H,27,28). The van der Waals surface area contributed by atoms with Crippen LogP contribution in [0.4, 0.5) is 0 Å². The number of carbonyl (C=O) groups is 2. The van der Waals surface area contributed by atoms with Crippen LogP contribution in [0.25, 0.3) is 0 Å². The summed E-state index contributed by atoms with van der Waals surface area (Å²) in [4.78, 5) is 24.9. The molecule has 1 aliphatic heterocycles. The highest BCUT2D eigenvalue weighted by Crippen LogP contribution is 2.28. The molecule has 0 bridgehead atoms. The second kappa shape index (κ2) is 9.75. The van der Waals surface area contributed by atoms with E-state index < -0.39 is 0 Å². The minimum absolute atomic E-state index is 0.0811. The van der Waals surface area contributed by atoms with Crippen molar-refractivity contribution in [1.82, 2.24) is 16.0 Å². The number of rotatable bonds is 6. The monoisotopic (exact) mass is 397 g/mol. The summed E-state index contributed by atoms with van der Waals surface area (Å²) in [5.74, 6) is 1.05. The molecular weight excluding hydrogens is 362 g/mol. The van der Waals surface area contributed by atoms with Crippen molar-refractivity contribution in [3.05, 3.63) is 34.9 Å². The van der Waals surface area contributed by atoms with Crippen molar-refractivity contribution in [3.8, 4) is 0 Å². The molecule has 4 rings (SSSR count). The van der Waals surface area contributed by atoms with Gasteiger partial charge in [-0.05, 0) is 61.1 Å². The van der Waals surface area contributed by atoms with Gasteiger partial charge in [-0.15, -0.1) is 0 Å². The average Bonchev–Trinajstić information content (AvgIpc) is 3.21. The summed E-state index contributed by atoms with van der Waals surface area (Å²) in [6, 6.07) is 6.73. The molecule has 158 valence electrons. The van der Waals surface area contributed by atoms with E-state index >= 15 is 0 Å². The number of carbonyl (C=O) groups excluding carboxylic acids is 2. The van der Waals surface area contributed by atoms with Crippen molar-refractivity contribution < 1.29 is 9.59 Å². The Morgan fingerprint density at radius 2 is 1.69 bits per heavy atom. The van der Waals surface area contributed by atoms with E-state index in [0.717, 1.165) is 38.8 Å². The SMILES string of the molecule is O=C(CC1CCCCC1)NC1CCC(C(=O)NCc2ccc3c(c2)CNC3)CC1. The minimum Gasteiger partial charge on any atom is -0.353 e. The van der Waals surface area contributed by atoms with Gasteiger partial charge in [0.05, 0.1) is 0 Å². The fourth-order valence-electron chi connectivity index (χ4n) is 5.23. The second-order valence-electron chi connectivity index (χ2n) is 9.25. The number of nitrogens with one attached hydrogen (secondary N) is 3. The molecule has 3 N–H and O–H groups in total. The van der Waals surface area contributed by atoms with Crippen molar-refractivity contribution in [1.29, 1.82) is 0 Å². The Morgan fingerprint density at radius 1 is 0.931 bits per heavy atom. The number of benzene rings is 1. The van der Waals surface area contributed by atoms with E-state index in [9.17, 15) is 9.59 Å². The number of amides is 2. The minimum atomic E-state index is 0.0811. The molecule has 3 aliphatic rings. The first-order chi connectivity index (χ1) is 14.2. The van der Waals surface area contributed by atoms with Crippen molar-refractivity contribution >= 4 is 11.8 Å². The summed E-state index contributed by atoms with van der Waals surface area (Å²) in [5, 5.41) is 9.71. The van der Waals surface area contributed by atoms with Gasteiger partial charge in [0.2, 0.25) is 11.8 Å². The summed E-state index contributed by atoms with van der Waals surface area (Å²) >= 11 is 0. The van der Waals surface area contributed by atoms with Crippen LogP contribution in [0.5, 0.6) is 0 Å². The molecule has 0 atom stereocenters. The van der Waals surface area contributed by atoms with Crippen LogP contribution in [0.1, 0.15) is 80.9 Å². The van der Waals surface area contributed by atoms with Gasteiger partial charge in [-0.2, -0.15) is 0 Å². The van der Waals surface area contributed by atoms with Gasteiger partial charge < -0.3 is 16.0 Å². The number of hydrogen-bond acceptors (Lipinski definition) is 3. The Kier molecular flexibility index (Phi) is 6.86. The van der Waals surface area contributed by atoms with Crippen LogP contribution in [0.3, 0.4) is 0 Å². The van der Waals surface area contributed by atoms with E-state index in [1.54, 1.807) is 0 Å². The third kappa shape index (κ3) is 5.59. The molecule has 1 aromatic carbocycles. The molecule has 2 fully saturated rings. The Morgan fingerprint density at radius 3 is 2.48 bits per heavy atom. The Hall–Kier alpha value is -1.88. The molecule has 2 amide bonds. The van der Waals surface area contributed by atoms with Crippen LogP contribution < -0.4 is 16.0 Å². The van der Waals surface area contributed by atoms with E-state index in [4.69, 9.17) is 0 Å². The molecule has 2 aliphatic carbocycles. The Labute approximate surface area is 174 Å². The van der Waals surface area contributed by atoms with Crippen molar-refractivity contribution in [2.24, 2.45) is 11.8 Å². The van der Waals surface area contributed by atoms with E-state index in [2.05, 4.69) is 34.1 Å². The normalized spacial score (nSPS) is 24.7. The summed E-state index contributed by atoms with van der Waals surface area (Å²) in [6.07, 6.45) is 10.6. The number of fused-ring (bicyclic) bond motifs is 1. The van der Waals surface area contributed by atoms with Crippen LogP contribution in [0.15, 0.2) is 18.2 Å². The Balaban J connectivity index is 1.16. The van der Waals surface area contributed by atoms with E-state index in [0.29, 0.717) is 18.9 Å². The van der Waals surface area contributed by atoms with E-state index in [1.807, 2.05) is 0 Å². The predicted molar refractivity (Wildman–Crippen MR) is 114 cm³/mol. The van der Waals surface area contributed by atoms with E-state index in [1.165, 1.54) is 48.8 Å². The third-order valence-corrected chi connectivity index (χ3v) is 7.03. The Bertz CT molecular complexity index is 719. The van der Waals surface area contributed by atoms with Crippen LogP contribution >= 0.6 is 0 Å². The zero-order valence-electron chi connectivity index (χ0n) is 17.5. The van der Waals surface area contributed by atoms with Gasteiger partial charge in [-0.25, -0.2) is 0 Å². The summed E-state index contributed by atoms with van der Waals surface area (Å²) in [7, 11) is 0. The second-order valence-corrected chi connectivity index (χ2v) is 9.25. The number of hydrogen-bond donors (Lipinski definition) is 3. The van der Waals surface area contributed by atoms with Gasteiger partial charge in [-0.3, -0.25) is 9.59 Å². The first-order valence-corrected chi connectivity index (χ1v) is 11.6. The predicted octanol–water partition coefficient (Wildman–Crippen LogP) is 3.55. The first-order valence-electron chi connectivity index (χ1n) is 11.6. The van der Waals surface area contributed by atoms with Crippen molar-refractivity contribution in [3.63, 3.8) is 0 Å². The van der Waals surface area contributed by atoms with Gasteiger partial charge in [0.15, 0.2) is 0 Å². The molecule has 0 aromatic heterocycles. The molecule has 0 saturated heterocycles. The highest BCUT2D eigenvalue weighted by Gasteiger charge is 2.27. The lowest BCUT2D eigenvalue weighted by Gasteiger charge is -2.29. The maximum Gasteiger partial charge on any atom is 0.223 e. The molecule has 1 heterocycles. The largest absolute Gasteiger partial charge is 0.353 e. The van der Waals surface area contributed by atoms with Crippen LogP contribution in [0, 0.1) is 11.8 Å². The average molecular weight is 398 g/mol. The maximum absolute atomic E-state index is 12.6. The van der Waals surface area contributed by atoms with E-state index in [-0.39, 0.29) is 23.8 Å². The van der Waals surface area contributed by atoms with Crippen molar-refractivity contribution in [2.45, 2.75) is 89.9 Å². The van der Waals surface area contributed by atoms with Crippen LogP contribution in [-0.4, -0.2) is 17.9 Å². The third-order valence-electron chi connectivity index (χ3n) is 7.03. The molecule has 29 heavy (non-hydrogen) atoms. The fraction of sp³-hybridized carbons (Fsp3) is 0.667. The van der Waals surface area contributed by atoms with Gasteiger partial charge in [0.1, 0.15) is 0 Å². The lowest BCUT2D eigenvalue weighted by molar-refractivity contribution is -0.126. The van der Waals surface area contributed by atoms with Crippen LogP contribution in [0.2, 0.25) is 0 Å². The molecular formula is C24H35N3O2. The lowest BCUT2D eigenvalue weighted by Crippen LogP contribution is -2.41. The topological polar surface area (TPSA) is 70.2 Å². The molecule has 1 aromatic rings. The highest BCUT2D eigenvalue weighted by molar-refractivity contribution is 5.79. The van der Waals surface area contributed by atoms with Crippen molar-refractivity contribution in [2.75, 3.05) is 0 Å². The molecule has 0 unspecified atom stereocenters. The summed E-state index contributed by atoms with van der Waals surface area (Å²) < 4.78 is 0. The zero-order valence-corrected chi connectivity index (χ0v) is 17.5. The van der Waals surface area contributed by atoms with Gasteiger partial charge >= 0.3 is 0 Å². The van der Waals surface area contributed by atoms with Gasteiger partial charge in [0.25, 0.3) is 0 Å². The molecule has 5 nitrogen and oxygen atoms in total. The van der Waals surface area contributed by atoms with Gasteiger partial charge in [0, 0.05) is 38.0 Å².